The monoisotopic (exact) mass is 357 g/mol. The Morgan fingerprint density at radius 3 is 2.68 bits per heavy atom. The Bertz CT molecular complexity index is 844. The van der Waals surface area contributed by atoms with E-state index in [1.807, 2.05) is 31.1 Å². The summed E-state index contributed by atoms with van der Waals surface area (Å²) in [5.41, 5.74) is 1.73. The van der Waals surface area contributed by atoms with E-state index in [2.05, 4.69) is 5.32 Å². The topological polar surface area (TPSA) is 82.4 Å². The number of ether oxygens (including phenoxy) is 1. The van der Waals surface area contributed by atoms with E-state index in [1.54, 1.807) is 24.3 Å². The van der Waals surface area contributed by atoms with Crippen LogP contribution in [0.5, 0.6) is 0 Å². The second kappa shape index (κ2) is 8.18. The number of anilines is 2. The van der Waals surface area contributed by atoms with Crippen LogP contribution in [0.1, 0.15) is 15.9 Å². The summed E-state index contributed by atoms with van der Waals surface area (Å²) in [5, 5.41) is 11.9. The molecule has 2 aromatic carbocycles. The van der Waals surface area contributed by atoms with Crippen LogP contribution in [-0.2, 0) is 9.53 Å². The van der Waals surface area contributed by atoms with Crippen molar-refractivity contribution in [2.45, 2.75) is 0 Å². The summed E-state index contributed by atoms with van der Waals surface area (Å²) in [5.74, 6) is -1.17. The Morgan fingerprint density at radius 1 is 1.24 bits per heavy atom. The number of hydrogen-bond donors (Lipinski definition) is 1. The molecule has 0 saturated carbocycles. The quantitative estimate of drug-likeness (QED) is 0.831. The van der Waals surface area contributed by atoms with Crippen LogP contribution in [0, 0.1) is 11.3 Å². The average Bonchev–Trinajstić information content (AvgIpc) is 2.60. The minimum Gasteiger partial charge on any atom is -0.452 e. The van der Waals surface area contributed by atoms with Crippen LogP contribution in [-0.4, -0.2) is 32.6 Å². The highest BCUT2D eigenvalue weighted by Gasteiger charge is 2.13. The summed E-state index contributed by atoms with van der Waals surface area (Å²) >= 11 is 5.86. The fourth-order valence-electron chi connectivity index (χ4n) is 2.03. The molecule has 0 aliphatic carbocycles. The van der Waals surface area contributed by atoms with Gasteiger partial charge in [-0.15, -0.1) is 0 Å². The molecule has 0 fully saturated rings. The van der Waals surface area contributed by atoms with Gasteiger partial charge in [0, 0.05) is 24.8 Å². The van der Waals surface area contributed by atoms with E-state index in [-0.39, 0.29) is 11.3 Å². The molecule has 0 atom stereocenters. The van der Waals surface area contributed by atoms with Crippen molar-refractivity contribution >= 4 is 34.9 Å². The predicted octanol–water partition coefficient (Wildman–Crippen LogP) is 3.07. The Hall–Kier alpha value is -3.04. The summed E-state index contributed by atoms with van der Waals surface area (Å²) in [6.45, 7) is -0.470. The summed E-state index contributed by atoms with van der Waals surface area (Å²) in [6, 6.07) is 13.3. The van der Waals surface area contributed by atoms with Gasteiger partial charge in [-0.05, 0) is 36.4 Å². The second-order valence-electron chi connectivity index (χ2n) is 5.37. The molecule has 0 radical (unpaired) electrons. The number of nitrogens with one attached hydrogen (secondary N) is 1. The standard InChI is InChI=1S/C18H16ClN3O3/c1-22(2)15-5-3-4-12(8-15)18(24)25-11-17(23)21-16-9-14(19)7-6-13(16)10-20/h3-9H,11H2,1-2H3,(H,21,23). The average molecular weight is 358 g/mol. The van der Waals surface area contributed by atoms with Crippen molar-refractivity contribution in [3.05, 3.63) is 58.6 Å². The number of hydrogen-bond acceptors (Lipinski definition) is 5. The van der Waals surface area contributed by atoms with Gasteiger partial charge in [0.15, 0.2) is 6.61 Å². The number of halogens is 1. The Kier molecular flexibility index (Phi) is 5.98. The third kappa shape index (κ3) is 4.96. The molecular formula is C18H16ClN3O3. The molecule has 0 aliphatic heterocycles. The Balaban J connectivity index is 1.98. The fraction of sp³-hybridized carbons (Fsp3) is 0.167. The van der Waals surface area contributed by atoms with Crippen molar-refractivity contribution in [2.75, 3.05) is 30.9 Å². The number of rotatable bonds is 5. The van der Waals surface area contributed by atoms with Gasteiger partial charge in [0.05, 0.1) is 16.8 Å². The highest BCUT2D eigenvalue weighted by Crippen LogP contribution is 2.20. The van der Waals surface area contributed by atoms with E-state index in [4.69, 9.17) is 21.6 Å². The maximum Gasteiger partial charge on any atom is 0.338 e. The fourth-order valence-corrected chi connectivity index (χ4v) is 2.20. The van der Waals surface area contributed by atoms with Gasteiger partial charge in [-0.1, -0.05) is 17.7 Å². The third-order valence-corrected chi connectivity index (χ3v) is 3.54. The van der Waals surface area contributed by atoms with Crippen molar-refractivity contribution in [1.29, 1.82) is 5.26 Å². The van der Waals surface area contributed by atoms with Crippen LogP contribution in [0.4, 0.5) is 11.4 Å². The van der Waals surface area contributed by atoms with Crippen LogP contribution in [0.3, 0.4) is 0 Å². The lowest BCUT2D eigenvalue weighted by Gasteiger charge is -2.13. The van der Waals surface area contributed by atoms with Gasteiger partial charge in [-0.3, -0.25) is 4.79 Å². The van der Waals surface area contributed by atoms with E-state index in [9.17, 15) is 9.59 Å². The molecule has 0 aliphatic rings. The second-order valence-corrected chi connectivity index (χ2v) is 5.81. The molecule has 7 heteroatoms. The molecule has 0 spiro atoms. The van der Waals surface area contributed by atoms with Crippen molar-refractivity contribution in [3.63, 3.8) is 0 Å². The minimum absolute atomic E-state index is 0.266. The highest BCUT2D eigenvalue weighted by atomic mass is 35.5. The van der Waals surface area contributed by atoms with Crippen molar-refractivity contribution in [3.8, 4) is 6.07 Å². The van der Waals surface area contributed by atoms with E-state index < -0.39 is 18.5 Å². The van der Waals surface area contributed by atoms with E-state index >= 15 is 0 Å². The van der Waals surface area contributed by atoms with Crippen molar-refractivity contribution in [1.82, 2.24) is 0 Å². The van der Waals surface area contributed by atoms with Crippen molar-refractivity contribution < 1.29 is 14.3 Å². The molecule has 1 N–H and O–H groups in total. The van der Waals surface area contributed by atoms with Gasteiger partial charge in [-0.2, -0.15) is 5.26 Å². The SMILES string of the molecule is CN(C)c1cccc(C(=O)OCC(=O)Nc2cc(Cl)ccc2C#N)c1. The summed E-state index contributed by atoms with van der Waals surface area (Å²) in [7, 11) is 3.71. The van der Waals surface area contributed by atoms with E-state index in [1.165, 1.54) is 12.1 Å². The predicted molar refractivity (Wildman–Crippen MR) is 95.8 cm³/mol. The number of benzene rings is 2. The van der Waals surface area contributed by atoms with Crippen LogP contribution in [0.25, 0.3) is 0 Å². The van der Waals surface area contributed by atoms with Crippen LogP contribution < -0.4 is 10.2 Å². The number of nitrogens with zero attached hydrogens (tertiary/aromatic N) is 2. The van der Waals surface area contributed by atoms with Crippen LogP contribution in [0.2, 0.25) is 5.02 Å². The summed E-state index contributed by atoms with van der Waals surface area (Å²) in [6.07, 6.45) is 0. The molecular weight excluding hydrogens is 342 g/mol. The normalized spacial score (nSPS) is 9.84. The van der Waals surface area contributed by atoms with Gasteiger partial charge in [-0.25, -0.2) is 4.79 Å². The number of carbonyl (C=O) groups excluding carboxylic acids is 2. The lowest BCUT2D eigenvalue weighted by Crippen LogP contribution is -2.21. The summed E-state index contributed by atoms with van der Waals surface area (Å²) < 4.78 is 5.02. The highest BCUT2D eigenvalue weighted by molar-refractivity contribution is 6.31. The lowest BCUT2D eigenvalue weighted by atomic mass is 10.2. The molecule has 2 rings (SSSR count). The molecule has 25 heavy (non-hydrogen) atoms. The number of esters is 1. The zero-order valence-electron chi connectivity index (χ0n) is 13.7. The van der Waals surface area contributed by atoms with Gasteiger partial charge in [0.2, 0.25) is 0 Å². The molecule has 0 unspecified atom stereocenters. The first-order valence-corrected chi connectivity index (χ1v) is 7.72. The van der Waals surface area contributed by atoms with Crippen LogP contribution in [0.15, 0.2) is 42.5 Å². The molecule has 1 amide bonds. The first-order valence-electron chi connectivity index (χ1n) is 7.34. The molecule has 0 aromatic heterocycles. The molecule has 0 saturated heterocycles. The molecule has 0 heterocycles. The van der Waals surface area contributed by atoms with Crippen molar-refractivity contribution in [2.24, 2.45) is 0 Å². The van der Waals surface area contributed by atoms with Gasteiger partial charge in [0.25, 0.3) is 5.91 Å². The maximum atomic E-state index is 12.1. The lowest BCUT2D eigenvalue weighted by molar-refractivity contribution is -0.119. The number of nitriles is 1. The smallest absolute Gasteiger partial charge is 0.338 e. The first kappa shape index (κ1) is 18.3. The first-order chi connectivity index (χ1) is 11.9. The Labute approximate surface area is 150 Å². The molecule has 2 aromatic rings. The molecule has 128 valence electrons. The van der Waals surface area contributed by atoms with E-state index in [0.29, 0.717) is 10.6 Å². The minimum atomic E-state index is -0.606. The summed E-state index contributed by atoms with van der Waals surface area (Å²) in [4.78, 5) is 25.9. The van der Waals surface area contributed by atoms with Gasteiger partial charge >= 0.3 is 5.97 Å². The number of amides is 1. The van der Waals surface area contributed by atoms with Gasteiger partial charge < -0.3 is 15.0 Å². The zero-order chi connectivity index (χ0) is 18.4. The van der Waals surface area contributed by atoms with E-state index in [0.717, 1.165) is 5.69 Å². The van der Waals surface area contributed by atoms with Crippen LogP contribution >= 0.6 is 11.6 Å². The Morgan fingerprint density at radius 2 is 2.00 bits per heavy atom. The zero-order valence-corrected chi connectivity index (χ0v) is 14.5. The molecule has 6 nitrogen and oxygen atoms in total. The third-order valence-electron chi connectivity index (χ3n) is 3.31. The largest absolute Gasteiger partial charge is 0.452 e. The molecule has 0 bridgehead atoms. The number of carbonyl (C=O) groups is 2. The maximum absolute atomic E-state index is 12.1. The van der Waals surface area contributed by atoms with Gasteiger partial charge in [0.1, 0.15) is 6.07 Å².